The Hall–Kier alpha value is -2.67. The molecule has 0 radical (unpaired) electrons. The summed E-state index contributed by atoms with van der Waals surface area (Å²) in [5, 5.41) is 3.45. The lowest BCUT2D eigenvalue weighted by Gasteiger charge is -2.08. The Labute approximate surface area is 161 Å². The van der Waals surface area contributed by atoms with Crippen LogP contribution in [-0.2, 0) is 30.8 Å². The molecule has 0 atom stereocenters. The van der Waals surface area contributed by atoms with E-state index in [1.54, 1.807) is 12.1 Å². The number of hydrogen-bond donors (Lipinski definition) is 1. The van der Waals surface area contributed by atoms with Gasteiger partial charge in [0.2, 0.25) is 5.91 Å². The van der Waals surface area contributed by atoms with E-state index in [0.29, 0.717) is 22.7 Å². The fourth-order valence-corrected chi connectivity index (χ4v) is 3.48. The summed E-state index contributed by atoms with van der Waals surface area (Å²) in [6, 6.07) is 7.24. The third-order valence-electron chi connectivity index (χ3n) is 4.80. The number of nitrogens with one attached hydrogen (secondary N) is 1. The highest BCUT2D eigenvalue weighted by Gasteiger charge is 2.18. The number of aromatic nitrogens is 4. The number of carbonyl (C=O) groups excluding carboxylic acids is 1. The number of nitrogens with zero attached hydrogens (tertiary/aromatic N) is 4. The minimum atomic E-state index is -0.276. The molecule has 7 nitrogen and oxygen atoms in total. The highest BCUT2D eigenvalue weighted by Crippen LogP contribution is 2.18. The molecule has 3 aromatic rings. The largest absolute Gasteiger partial charge is 0.350 e. The average molecular weight is 386 g/mol. The highest BCUT2D eigenvalue weighted by atomic mass is 35.5. The van der Waals surface area contributed by atoms with Gasteiger partial charge < -0.3 is 9.88 Å². The zero-order valence-corrected chi connectivity index (χ0v) is 15.6. The summed E-state index contributed by atoms with van der Waals surface area (Å²) in [6.45, 7) is 1.13. The fourth-order valence-electron chi connectivity index (χ4n) is 3.36. The summed E-state index contributed by atoms with van der Waals surface area (Å²) in [5.74, 6) is 0.658. The van der Waals surface area contributed by atoms with E-state index in [4.69, 9.17) is 11.6 Å². The quantitative estimate of drug-likeness (QED) is 0.747. The van der Waals surface area contributed by atoms with Crippen LogP contribution in [0.5, 0.6) is 0 Å². The third-order valence-corrected chi connectivity index (χ3v) is 5.05. The minimum Gasteiger partial charge on any atom is -0.350 e. The number of halogens is 1. The van der Waals surface area contributed by atoms with Gasteiger partial charge in [0.1, 0.15) is 18.7 Å². The van der Waals surface area contributed by atoms with Gasteiger partial charge in [-0.2, -0.15) is 0 Å². The van der Waals surface area contributed by atoms with Crippen molar-refractivity contribution < 1.29 is 4.79 Å². The molecule has 27 heavy (non-hydrogen) atoms. The first kappa shape index (κ1) is 17.7. The first-order valence-corrected chi connectivity index (χ1v) is 9.45. The molecule has 8 heteroatoms. The van der Waals surface area contributed by atoms with E-state index in [9.17, 15) is 9.59 Å². The van der Waals surface area contributed by atoms with E-state index in [-0.39, 0.29) is 18.0 Å². The Balaban J connectivity index is 1.50. The highest BCUT2D eigenvalue weighted by molar-refractivity contribution is 6.30. The molecule has 1 amide bonds. The van der Waals surface area contributed by atoms with E-state index in [1.165, 1.54) is 10.9 Å². The summed E-state index contributed by atoms with van der Waals surface area (Å²) in [4.78, 5) is 33.9. The van der Waals surface area contributed by atoms with Gasteiger partial charge in [0, 0.05) is 24.5 Å². The maximum absolute atomic E-state index is 12.7. The van der Waals surface area contributed by atoms with E-state index in [0.717, 1.165) is 43.6 Å². The molecule has 0 bridgehead atoms. The van der Waals surface area contributed by atoms with E-state index in [1.807, 2.05) is 16.7 Å². The monoisotopic (exact) mass is 385 g/mol. The third kappa shape index (κ3) is 3.73. The normalized spacial score (nSPS) is 14.0. The topological polar surface area (TPSA) is 81.8 Å². The molecule has 0 unspecified atom stereocenters. The van der Waals surface area contributed by atoms with Crippen LogP contribution in [0.15, 0.2) is 35.4 Å². The Bertz CT molecular complexity index is 1040. The van der Waals surface area contributed by atoms with Crippen molar-refractivity contribution in [1.82, 2.24) is 24.4 Å². The Morgan fingerprint density at radius 3 is 2.81 bits per heavy atom. The maximum atomic E-state index is 12.7. The number of rotatable bonds is 4. The smallest absolute Gasteiger partial charge is 0.282 e. The maximum Gasteiger partial charge on any atom is 0.282 e. The number of aryl methyl sites for hydroxylation is 2. The molecule has 140 valence electrons. The first-order chi connectivity index (χ1) is 13.1. The van der Waals surface area contributed by atoms with Crippen molar-refractivity contribution in [2.45, 2.75) is 45.3 Å². The van der Waals surface area contributed by atoms with Crippen LogP contribution in [0.2, 0.25) is 5.02 Å². The first-order valence-electron chi connectivity index (χ1n) is 9.07. The number of fused-ring (bicyclic) bond motifs is 3. The van der Waals surface area contributed by atoms with Gasteiger partial charge in [-0.15, -0.1) is 0 Å². The van der Waals surface area contributed by atoms with Crippen molar-refractivity contribution in [3.05, 3.63) is 57.4 Å². The predicted molar refractivity (Wildman–Crippen MR) is 103 cm³/mol. The number of benzene rings is 1. The molecule has 3 heterocycles. The van der Waals surface area contributed by atoms with Crippen LogP contribution in [0.3, 0.4) is 0 Å². The molecule has 0 spiro atoms. The van der Waals surface area contributed by atoms with Crippen molar-refractivity contribution in [3.8, 4) is 0 Å². The van der Waals surface area contributed by atoms with Crippen LogP contribution < -0.4 is 10.9 Å². The lowest BCUT2D eigenvalue weighted by atomic mass is 10.2. The summed E-state index contributed by atoms with van der Waals surface area (Å²) in [7, 11) is 0. The van der Waals surface area contributed by atoms with Gasteiger partial charge in [0.05, 0.1) is 0 Å². The van der Waals surface area contributed by atoms with Gasteiger partial charge in [0.15, 0.2) is 11.2 Å². The predicted octanol–water partition coefficient (Wildman–Crippen LogP) is 2.29. The van der Waals surface area contributed by atoms with Gasteiger partial charge in [0.25, 0.3) is 5.56 Å². The zero-order chi connectivity index (χ0) is 18.8. The molecule has 2 aromatic heterocycles. The SMILES string of the molecule is O=C(Cn1cnc2c(nc3n2CCCCC3)c1=O)NCc1ccc(Cl)cc1. The minimum absolute atomic E-state index is 0.0858. The van der Waals surface area contributed by atoms with Crippen LogP contribution in [0.25, 0.3) is 11.2 Å². The van der Waals surface area contributed by atoms with Crippen molar-refractivity contribution >= 4 is 28.7 Å². The lowest BCUT2D eigenvalue weighted by Crippen LogP contribution is -2.32. The molecule has 0 saturated heterocycles. The standard InChI is InChI=1S/C19H20ClN5O2/c20-14-7-5-13(6-8-14)10-21-16(26)11-24-12-22-18-17(19(24)27)23-15-4-2-1-3-9-25(15)18/h5-8,12H,1-4,9-11H2,(H,21,26). The van der Waals surface area contributed by atoms with Crippen LogP contribution in [-0.4, -0.2) is 25.0 Å². The molecule has 1 N–H and O–H groups in total. The molecule has 4 rings (SSSR count). The second-order valence-corrected chi connectivity index (χ2v) is 7.18. The molecule has 0 fully saturated rings. The summed E-state index contributed by atoms with van der Waals surface area (Å²) in [6.07, 6.45) is 5.60. The molecule has 0 aliphatic carbocycles. The second-order valence-electron chi connectivity index (χ2n) is 6.74. The van der Waals surface area contributed by atoms with Crippen molar-refractivity contribution in [2.75, 3.05) is 0 Å². The number of imidazole rings is 1. The molecule has 0 saturated carbocycles. The van der Waals surface area contributed by atoms with E-state index < -0.39 is 0 Å². The van der Waals surface area contributed by atoms with Crippen LogP contribution in [0, 0.1) is 0 Å². The molecule has 1 aliphatic heterocycles. The summed E-state index contributed by atoms with van der Waals surface area (Å²) >= 11 is 5.85. The number of carbonyl (C=O) groups is 1. The van der Waals surface area contributed by atoms with Gasteiger partial charge in [-0.25, -0.2) is 9.97 Å². The number of amides is 1. The Morgan fingerprint density at radius 2 is 2.00 bits per heavy atom. The van der Waals surface area contributed by atoms with Gasteiger partial charge in [-0.1, -0.05) is 30.2 Å². The summed E-state index contributed by atoms with van der Waals surface area (Å²) < 4.78 is 3.35. The average Bonchev–Trinajstić information content (AvgIpc) is 2.85. The number of hydrogen-bond acceptors (Lipinski definition) is 4. The Kier molecular flexibility index (Phi) is 4.94. The lowest BCUT2D eigenvalue weighted by molar-refractivity contribution is -0.121. The molecular weight excluding hydrogens is 366 g/mol. The molecular formula is C19H20ClN5O2. The second kappa shape index (κ2) is 7.52. The van der Waals surface area contributed by atoms with Gasteiger partial charge in [-0.05, 0) is 30.5 Å². The van der Waals surface area contributed by atoms with Gasteiger partial charge >= 0.3 is 0 Å². The van der Waals surface area contributed by atoms with Crippen molar-refractivity contribution in [2.24, 2.45) is 0 Å². The molecule has 1 aromatic carbocycles. The van der Waals surface area contributed by atoms with Crippen LogP contribution in [0.4, 0.5) is 0 Å². The Morgan fingerprint density at radius 1 is 1.19 bits per heavy atom. The van der Waals surface area contributed by atoms with Crippen LogP contribution in [0.1, 0.15) is 30.7 Å². The fraction of sp³-hybridized carbons (Fsp3) is 0.368. The van der Waals surface area contributed by atoms with E-state index in [2.05, 4.69) is 15.3 Å². The van der Waals surface area contributed by atoms with Crippen LogP contribution >= 0.6 is 11.6 Å². The zero-order valence-electron chi connectivity index (χ0n) is 14.8. The van der Waals surface area contributed by atoms with Crippen molar-refractivity contribution in [3.63, 3.8) is 0 Å². The van der Waals surface area contributed by atoms with Crippen molar-refractivity contribution in [1.29, 1.82) is 0 Å². The summed E-state index contributed by atoms with van der Waals surface area (Å²) in [5.41, 5.74) is 1.63. The molecule has 1 aliphatic rings. The van der Waals surface area contributed by atoms with E-state index >= 15 is 0 Å². The van der Waals surface area contributed by atoms with Gasteiger partial charge in [-0.3, -0.25) is 14.2 Å².